The fraction of sp³-hybridized carbons (Fsp3) is 0.352. The molecule has 0 radical (unpaired) electrons. The third-order valence-electron chi connectivity index (χ3n) is 11.0. The summed E-state index contributed by atoms with van der Waals surface area (Å²) in [6.45, 7) is 17.0. The SMILES string of the molecule is C1CCOC1.CC(=O)C=O.Cc1cnc(C(=O)O)c(N)n1.Cc1cnc(CCl)c(N)n1.Cc1cnc(CO)c(N)n1.Cc1cnc(C[n+]2csc(CCO)c2C)c(N)n1.Cc1cnc2c(=O)[nH]c(=O)[nH]c2n1.Cc1ncsc1CCO.Cl.Cl.Nc1[nH]c(=O)[nH]c(=O)c1N.O=S(=O)(O)O.O=S(Cl)Cl.[Cl-].[Na+].[OH-]. The summed E-state index contributed by atoms with van der Waals surface area (Å²) in [5.41, 5.74) is 41.4. The molecule has 105 heavy (non-hydrogen) atoms. The maximum absolute atomic E-state index is 11.1. The van der Waals surface area contributed by atoms with Gasteiger partial charge in [0.1, 0.15) is 34.5 Å². The monoisotopic (exact) mass is 1680 g/mol. The second-order valence-corrected chi connectivity index (χ2v) is 24.6. The number of hydrogen-bond acceptors (Lipinski definition) is 34. The van der Waals surface area contributed by atoms with Crippen LogP contribution in [0.15, 0.2) is 61.2 Å². The van der Waals surface area contributed by atoms with E-state index >= 15 is 0 Å². The first-order valence-electron chi connectivity index (χ1n) is 27.9. The second kappa shape index (κ2) is 58.6. The summed E-state index contributed by atoms with van der Waals surface area (Å²) in [5, 5.41) is 34.6. The predicted molar refractivity (Wildman–Crippen MR) is 393 cm³/mol. The number of nitrogens with zero attached hydrogens (tertiary/aromatic N) is 12. The first kappa shape index (κ1) is 108. The van der Waals surface area contributed by atoms with Crippen LogP contribution in [0.25, 0.3) is 11.2 Å². The van der Waals surface area contributed by atoms with E-state index in [0.29, 0.717) is 59.1 Å². The summed E-state index contributed by atoms with van der Waals surface area (Å²) in [7, 11) is 2.69. The van der Waals surface area contributed by atoms with Crippen LogP contribution in [0.4, 0.5) is 34.8 Å². The number of carboxylic acid groups (broad SMARTS) is 1. The molecule has 10 rings (SSSR count). The number of hydrogen-bond donors (Lipinski definition) is 16. The van der Waals surface area contributed by atoms with E-state index in [2.05, 4.69) is 95.7 Å². The molecule has 0 aliphatic carbocycles. The number of H-pyrrole nitrogens is 4. The minimum absolute atomic E-state index is 0. The largest absolute Gasteiger partial charge is 1.00 e. The van der Waals surface area contributed by atoms with Gasteiger partial charge in [0.25, 0.3) is 11.1 Å². The Hall–Kier alpha value is -7.55. The summed E-state index contributed by atoms with van der Waals surface area (Å²) in [6, 6.07) is 0. The van der Waals surface area contributed by atoms with Crippen LogP contribution in [-0.2, 0) is 65.8 Å². The van der Waals surface area contributed by atoms with Gasteiger partial charge in [-0.05, 0) is 54.4 Å². The number of ketones is 1. The summed E-state index contributed by atoms with van der Waals surface area (Å²) in [6.07, 6.45) is 12.0. The third kappa shape index (κ3) is 48.3. The molecule has 1 saturated heterocycles. The number of aliphatic hydroxyl groups is 3. The van der Waals surface area contributed by atoms with Gasteiger partial charge < -0.3 is 77.4 Å². The number of aliphatic hydroxyl groups excluding tert-OH is 3. The Morgan fingerprint density at radius 2 is 1.07 bits per heavy atom. The molecule has 51 heteroatoms. The molecule has 0 aromatic carbocycles. The van der Waals surface area contributed by atoms with Crippen LogP contribution < -0.4 is 103 Å². The van der Waals surface area contributed by atoms with Crippen LogP contribution in [0.1, 0.15) is 96.9 Å². The van der Waals surface area contributed by atoms with Crippen molar-refractivity contribution in [3.8, 4) is 0 Å². The van der Waals surface area contributed by atoms with E-state index in [-0.39, 0.29) is 133 Å². The Morgan fingerprint density at radius 3 is 1.45 bits per heavy atom. The predicted octanol–water partition coefficient (Wildman–Crippen LogP) is -4.20. The number of nitrogens with one attached hydrogen (secondary N) is 4. The summed E-state index contributed by atoms with van der Waals surface area (Å²) < 4.78 is 47.7. The number of nitrogens with two attached hydrogens (primary N) is 6. The molecule has 1 aliphatic heterocycles. The van der Waals surface area contributed by atoms with Crippen molar-refractivity contribution >= 4 is 164 Å². The number of anilines is 6. The number of aromatic carboxylic acids is 1. The molecule has 0 bridgehead atoms. The van der Waals surface area contributed by atoms with Crippen molar-refractivity contribution in [2.45, 2.75) is 100 Å². The zero-order valence-corrected chi connectivity index (χ0v) is 67.2. The molecule has 1 fully saturated rings. The van der Waals surface area contributed by atoms with Gasteiger partial charge in [0, 0.05) is 110 Å². The molecule has 0 atom stereocenters. The molecule has 0 unspecified atom stereocenters. The van der Waals surface area contributed by atoms with Crippen LogP contribution in [0.2, 0.25) is 0 Å². The van der Waals surface area contributed by atoms with Crippen LogP contribution in [0, 0.1) is 48.5 Å². The van der Waals surface area contributed by atoms with Gasteiger partial charge in [-0.2, -0.15) is 13.0 Å². The zero-order valence-electron chi connectivity index (χ0n) is 57.3. The maximum atomic E-state index is 11.1. The fourth-order valence-corrected chi connectivity index (χ4v) is 8.36. The third-order valence-corrected chi connectivity index (χ3v) is 13.4. The first-order valence-corrected chi connectivity index (χ1v) is 34.4. The molecule has 10 heterocycles. The number of carbonyl (C=O) groups excluding carboxylic acids is 2. The van der Waals surface area contributed by atoms with Crippen molar-refractivity contribution in [3.63, 3.8) is 0 Å². The molecule has 0 amide bonds. The minimum Gasteiger partial charge on any atom is -1.00 e. The van der Waals surface area contributed by atoms with Crippen LogP contribution >= 0.6 is 80.5 Å². The molecule has 580 valence electrons. The molecule has 0 spiro atoms. The number of carboxylic acids is 1. The number of aromatic amines is 4. The smallest absolute Gasteiger partial charge is 1.00 e. The van der Waals surface area contributed by atoms with Gasteiger partial charge in [-0.3, -0.25) is 58.2 Å². The molecule has 23 N–H and O–H groups in total. The number of alkyl halides is 1. The fourth-order valence-electron chi connectivity index (χ4n) is 6.40. The normalized spacial score (nSPS) is 10.1. The number of carbonyl (C=O) groups is 3. The maximum Gasteiger partial charge on any atom is 1.00 e. The average molecular weight is 1690 g/mol. The van der Waals surface area contributed by atoms with Gasteiger partial charge in [0.15, 0.2) is 52.8 Å². The number of Topliss-reactive ketones (excluding diaryl/α,β-unsaturated/α-hetero) is 1. The van der Waals surface area contributed by atoms with Gasteiger partial charge in [0.05, 0.1) is 62.7 Å². The van der Waals surface area contributed by atoms with Crippen molar-refractivity contribution in [1.82, 2.24) is 74.8 Å². The van der Waals surface area contributed by atoms with Gasteiger partial charge in [-0.1, -0.05) is 11.3 Å². The average Bonchev–Trinajstić information content (AvgIpc) is 1.79. The Labute approximate surface area is 663 Å². The number of nitrogen functional groups attached to an aromatic ring is 6. The van der Waals surface area contributed by atoms with E-state index in [0.717, 1.165) is 53.8 Å². The van der Waals surface area contributed by atoms with E-state index in [1.165, 1.54) is 41.9 Å². The number of rotatable bonds is 10. The van der Waals surface area contributed by atoms with Crippen LogP contribution in [-0.4, -0.2) is 167 Å². The molecular weight excluding hydrogens is 1610 g/mol. The molecule has 1 aliphatic rings. The Kier molecular flexibility index (Phi) is 60.5. The molecule has 0 saturated carbocycles. The van der Waals surface area contributed by atoms with Crippen molar-refractivity contribution in [2.75, 3.05) is 60.8 Å². The van der Waals surface area contributed by atoms with E-state index in [1.54, 1.807) is 67.5 Å². The van der Waals surface area contributed by atoms with Gasteiger partial charge in [0.2, 0.25) is 14.7 Å². The Morgan fingerprint density at radius 1 is 0.657 bits per heavy atom. The number of aldehydes is 1. The standard InChI is InChI=1S/C12H17N4OS.C7H6N4O2.C6H8ClN3.C6H7N3O2.C6H9N3O.C6H9NOS.C4H6N4O2.C4H8O.C3H4O2.Cl2OS.3ClH.Na.H2O4S.H2O/c1-8-5-14-10(12(13)15-8)6-16-7-18-11(3-4-17)9(16)2;1-3-2-8-4-5(9-3)10-7(13)11-6(4)12;1-4-3-9-5(2-7)6(8)10-4;1-3-2-8-4(6(10)11)5(7)9-3;1-4-2-8-5(3-10)6(7)9-4;1-5-6(2-3-8)9-4-7-5;5-1-2(6)7-4(10)8-3(1)9;1-2-4-5-3-1;1-3(5)2-4;1-4(2)3;;;;;1-5(2,3)4;/h5,7,17H,3-4,6H2,1-2H3,(H2,13,15);2H,1H3,(H2,9,10,11,12,13);3H,2H2,1H3,(H2,8,10);2H,1H3,(H2,7,9)(H,10,11);2,10H,3H2,1H3,(H2,7,9);4,8H,2-3H2,1H3;5H2,(H4,6,7,8,9,10);1-4H2;2H,1H3;;3*1H;;(H2,1,2,3,4);1H2/q+1;;;;;;;;;;;;;+1;;/p-2. The number of thiazole rings is 2. The second-order valence-electron chi connectivity index (χ2n) is 19.1. The van der Waals surface area contributed by atoms with Crippen molar-refractivity contribution in [2.24, 2.45) is 0 Å². The number of aryl methyl sites for hydroxylation is 6. The molecular formula is C54H79Cl6N22NaO18S4. The Bertz CT molecular complexity index is 4380. The molecule has 40 nitrogen and oxygen atoms in total. The minimum atomic E-state index is -4.67. The number of halogens is 6. The van der Waals surface area contributed by atoms with Crippen molar-refractivity contribution in [1.29, 1.82) is 0 Å². The van der Waals surface area contributed by atoms with Crippen LogP contribution in [0.5, 0.6) is 0 Å². The van der Waals surface area contributed by atoms with Gasteiger partial charge in [-0.25, -0.2) is 63.4 Å². The molecule has 9 aromatic heterocycles. The van der Waals surface area contributed by atoms with Gasteiger partial charge >= 0.3 is 57.3 Å². The van der Waals surface area contributed by atoms with E-state index < -0.39 is 53.9 Å². The zero-order chi connectivity index (χ0) is 76.4. The van der Waals surface area contributed by atoms with Gasteiger partial charge in [-0.15, -0.1) is 47.8 Å². The summed E-state index contributed by atoms with van der Waals surface area (Å²) in [4.78, 5) is 126. The first-order chi connectivity index (χ1) is 46.8. The Balaban J connectivity index is -0.000000262. The number of ether oxygens (including phenoxy) is 1. The summed E-state index contributed by atoms with van der Waals surface area (Å²) >= 11 is 8.75. The topological polar surface area (TPSA) is 696 Å². The quantitative estimate of drug-likeness (QED) is 0.0117. The van der Waals surface area contributed by atoms with E-state index in [9.17, 15) is 28.8 Å². The van der Waals surface area contributed by atoms with E-state index in [1.807, 2.05) is 38.2 Å². The number of fused-ring (bicyclic) bond motifs is 1. The number of aromatic nitrogens is 16. The van der Waals surface area contributed by atoms with Crippen LogP contribution in [0.3, 0.4) is 0 Å². The summed E-state index contributed by atoms with van der Waals surface area (Å²) in [5.74, 6) is -0.195. The molecule has 9 aromatic rings. The van der Waals surface area contributed by atoms with E-state index in [4.69, 9.17) is 97.7 Å². The van der Waals surface area contributed by atoms with Crippen molar-refractivity contribution in [3.05, 3.63) is 156 Å². The van der Waals surface area contributed by atoms with Crippen molar-refractivity contribution < 1.29 is 113 Å².